The fourth-order valence-electron chi connectivity index (χ4n) is 7.54. The second-order valence-electron chi connectivity index (χ2n) is 13.0. The van der Waals surface area contributed by atoms with Crippen LogP contribution < -0.4 is 0 Å². The van der Waals surface area contributed by atoms with E-state index in [0.29, 0.717) is 16.2 Å². The molecule has 0 fully saturated rings. The standard InChI is InChI=1S/C13H9.3C11H8O2.Ti/c1-3-7-12-10(5-1)9-11-6-2-4-8-13(11)12;3*12-11(13)10-7-3-5-8-4-1-2-6-9(8)10;/h1-9H;3*1-7H,(H,12,13);/q;;;;+3/p-3. The first-order chi connectivity index (χ1) is 26.0. The second-order valence-corrected chi connectivity index (χ2v) is 16.7. The molecule has 0 saturated heterocycles. The first-order valence-corrected chi connectivity index (χ1v) is 20.1. The summed E-state index contributed by atoms with van der Waals surface area (Å²) in [6.07, 6.45) is 0. The van der Waals surface area contributed by atoms with Crippen LogP contribution in [0.15, 0.2) is 176 Å². The molecule has 0 radical (unpaired) electrons. The number of rotatable bonds is 7. The van der Waals surface area contributed by atoms with Crippen molar-refractivity contribution >= 4 is 50.2 Å². The number of benzene rings is 8. The molecule has 53 heavy (non-hydrogen) atoms. The van der Waals surface area contributed by atoms with Gasteiger partial charge in [0, 0.05) is 0 Å². The van der Waals surface area contributed by atoms with Crippen molar-refractivity contribution < 1.29 is 42.1 Å². The van der Waals surface area contributed by atoms with Gasteiger partial charge in [-0.25, -0.2) is 0 Å². The van der Waals surface area contributed by atoms with Crippen LogP contribution in [0.25, 0.3) is 43.4 Å². The van der Waals surface area contributed by atoms with Gasteiger partial charge in [0.2, 0.25) is 0 Å². The van der Waals surface area contributed by atoms with Crippen molar-refractivity contribution in [3.8, 4) is 11.1 Å². The van der Waals surface area contributed by atoms with Gasteiger partial charge in [-0.1, -0.05) is 0 Å². The van der Waals surface area contributed by atoms with Gasteiger partial charge in [0.05, 0.1) is 0 Å². The Labute approximate surface area is 310 Å². The average molecular weight is 727 g/mol. The van der Waals surface area contributed by atoms with Gasteiger partial charge in [0.1, 0.15) is 0 Å². The summed E-state index contributed by atoms with van der Waals surface area (Å²) in [4.78, 5) is 44.3. The van der Waals surface area contributed by atoms with Crippen LogP contribution in [0.1, 0.15) is 46.4 Å². The Morgan fingerprint density at radius 3 is 1.04 bits per heavy atom. The zero-order valence-electron chi connectivity index (χ0n) is 28.3. The van der Waals surface area contributed by atoms with E-state index in [-0.39, 0.29) is 16.7 Å². The Morgan fingerprint density at radius 1 is 0.358 bits per heavy atom. The predicted octanol–water partition coefficient (Wildman–Crippen LogP) is 10.7. The molecule has 6 nitrogen and oxygen atoms in total. The zero-order valence-corrected chi connectivity index (χ0v) is 29.8. The number of carbonyl (C=O) groups is 3. The van der Waals surface area contributed by atoms with Crippen LogP contribution in [-0.2, 0) is 27.7 Å². The SMILES string of the molecule is O=C([O][Ti]([O]C(=O)c1cccc2ccccc12)([O]C(=O)c1cccc2ccccc12)[CH]1c2ccccc2-c2ccccc21)c1cccc2ccccc12. The van der Waals surface area contributed by atoms with E-state index in [9.17, 15) is 14.4 Å². The van der Waals surface area contributed by atoms with E-state index in [0.717, 1.165) is 38.4 Å². The maximum absolute atomic E-state index is 14.8. The van der Waals surface area contributed by atoms with E-state index in [2.05, 4.69) is 0 Å². The average Bonchev–Trinajstić information content (AvgIpc) is 3.55. The fourth-order valence-corrected chi connectivity index (χ4v) is 12.0. The number of hydrogen-bond donors (Lipinski definition) is 0. The Balaban J connectivity index is 1.28. The van der Waals surface area contributed by atoms with E-state index in [1.807, 2.05) is 140 Å². The number of fused-ring (bicyclic) bond motifs is 6. The van der Waals surface area contributed by atoms with Crippen molar-refractivity contribution in [1.82, 2.24) is 0 Å². The van der Waals surface area contributed by atoms with Crippen LogP contribution >= 0.6 is 0 Å². The van der Waals surface area contributed by atoms with Crippen molar-refractivity contribution in [2.75, 3.05) is 0 Å². The van der Waals surface area contributed by atoms with Gasteiger partial charge in [0.25, 0.3) is 0 Å². The van der Waals surface area contributed by atoms with Crippen LogP contribution in [0.3, 0.4) is 0 Å². The van der Waals surface area contributed by atoms with Crippen molar-refractivity contribution in [2.24, 2.45) is 0 Å². The Morgan fingerprint density at radius 2 is 0.660 bits per heavy atom. The number of carbonyl (C=O) groups excluding carboxylic acids is 3. The van der Waals surface area contributed by atoms with Gasteiger partial charge in [-0.15, -0.1) is 0 Å². The molecule has 0 amide bonds. The van der Waals surface area contributed by atoms with Gasteiger partial charge >= 0.3 is 311 Å². The molecular formula is C46H30O6Ti. The van der Waals surface area contributed by atoms with Crippen LogP contribution in [0, 0.1) is 0 Å². The van der Waals surface area contributed by atoms with Gasteiger partial charge in [-0.3, -0.25) is 0 Å². The van der Waals surface area contributed by atoms with E-state index >= 15 is 0 Å². The monoisotopic (exact) mass is 726 g/mol. The third-order valence-corrected chi connectivity index (χ3v) is 14.2. The van der Waals surface area contributed by atoms with E-state index < -0.39 is 39.9 Å². The topological polar surface area (TPSA) is 78.9 Å². The minimum absolute atomic E-state index is 0.264. The first-order valence-electron chi connectivity index (χ1n) is 17.3. The molecule has 1 aliphatic carbocycles. The third kappa shape index (κ3) is 5.69. The van der Waals surface area contributed by atoms with Crippen molar-refractivity contribution in [2.45, 2.75) is 4.22 Å². The quantitative estimate of drug-likeness (QED) is 0.152. The summed E-state index contributed by atoms with van der Waals surface area (Å²) in [5.41, 5.74) is 4.05. The predicted molar refractivity (Wildman–Crippen MR) is 202 cm³/mol. The summed E-state index contributed by atoms with van der Waals surface area (Å²) in [6, 6.07) is 54.0. The molecule has 0 atom stereocenters. The number of hydrogen-bond acceptors (Lipinski definition) is 6. The molecular weight excluding hydrogens is 696 g/mol. The molecule has 8 aromatic carbocycles. The third-order valence-electron chi connectivity index (χ3n) is 9.92. The molecule has 0 bridgehead atoms. The molecule has 0 unspecified atom stereocenters. The summed E-state index contributed by atoms with van der Waals surface area (Å²) in [6.45, 7) is 0. The van der Waals surface area contributed by atoms with Gasteiger partial charge in [0.15, 0.2) is 0 Å². The molecule has 1 aliphatic rings. The summed E-state index contributed by atoms with van der Waals surface area (Å²) in [7, 11) is 0. The van der Waals surface area contributed by atoms with E-state index in [4.69, 9.17) is 9.96 Å². The molecule has 0 spiro atoms. The summed E-state index contributed by atoms with van der Waals surface area (Å²) in [5, 5.41) is 4.46. The van der Waals surface area contributed by atoms with Crippen molar-refractivity contribution in [3.63, 3.8) is 0 Å². The molecule has 254 valence electrons. The van der Waals surface area contributed by atoms with Gasteiger partial charge in [-0.05, 0) is 0 Å². The van der Waals surface area contributed by atoms with Crippen LogP contribution in [0.5, 0.6) is 0 Å². The van der Waals surface area contributed by atoms with Crippen molar-refractivity contribution in [3.05, 3.63) is 204 Å². The second kappa shape index (κ2) is 13.3. The van der Waals surface area contributed by atoms with Crippen LogP contribution in [0.4, 0.5) is 0 Å². The molecule has 0 aromatic heterocycles. The summed E-state index contributed by atoms with van der Waals surface area (Å²) < 4.78 is 19.2. The summed E-state index contributed by atoms with van der Waals surface area (Å²) in [5.74, 6) is -2.25. The molecule has 7 heteroatoms. The van der Waals surface area contributed by atoms with E-state index in [1.54, 1.807) is 36.4 Å². The Kier molecular flexibility index (Phi) is 8.19. The van der Waals surface area contributed by atoms with Crippen molar-refractivity contribution in [1.29, 1.82) is 0 Å². The van der Waals surface area contributed by atoms with Crippen LogP contribution in [-0.4, -0.2) is 17.9 Å². The summed E-state index contributed by atoms with van der Waals surface area (Å²) >= 11 is -5.71. The van der Waals surface area contributed by atoms with Crippen LogP contribution in [0.2, 0.25) is 0 Å². The molecule has 9 rings (SSSR count). The van der Waals surface area contributed by atoms with Gasteiger partial charge in [-0.2, -0.15) is 0 Å². The Bertz CT molecular complexity index is 2470. The molecule has 0 aliphatic heterocycles. The maximum atomic E-state index is 14.8. The first kappa shape index (κ1) is 32.6. The molecule has 0 saturated carbocycles. The zero-order chi connectivity index (χ0) is 35.9. The molecule has 0 N–H and O–H groups in total. The van der Waals surface area contributed by atoms with Gasteiger partial charge < -0.3 is 0 Å². The normalized spacial score (nSPS) is 12.3. The molecule has 8 aromatic rings. The minimum atomic E-state index is -5.71. The fraction of sp³-hybridized carbons (Fsp3) is 0.0217. The van der Waals surface area contributed by atoms with E-state index in [1.165, 1.54) is 0 Å². The molecule has 0 heterocycles. The Hall–Kier alpha value is -6.34.